The van der Waals surface area contributed by atoms with Crippen LogP contribution in [0.1, 0.15) is 15.4 Å². The van der Waals surface area contributed by atoms with E-state index in [1.54, 1.807) is 18.4 Å². The van der Waals surface area contributed by atoms with E-state index in [1.165, 1.54) is 4.68 Å². The molecule has 6 nitrogen and oxygen atoms in total. The first kappa shape index (κ1) is 22.4. The molecule has 5 aromatic rings. The molecular weight excluding hydrogens is 456 g/mol. The lowest BCUT2D eigenvalue weighted by molar-refractivity contribution is 0.102. The number of carbonyl (C=O) groups is 1. The Kier molecular flexibility index (Phi) is 6.08. The number of hydrogen-bond acceptors (Lipinski definition) is 5. The second-order valence-corrected chi connectivity index (χ2v) is 9.10. The number of hydrogen-bond donors (Lipinski definition) is 1. The number of carbonyl (C=O) groups excluding carboxylic acids is 1. The quantitative estimate of drug-likeness (QED) is 0.346. The lowest BCUT2D eigenvalue weighted by atomic mass is 9.95. The van der Waals surface area contributed by atoms with Gasteiger partial charge < -0.3 is 5.32 Å². The highest BCUT2D eigenvalue weighted by atomic mass is 32.1. The van der Waals surface area contributed by atoms with E-state index in [0.717, 1.165) is 27.4 Å². The highest BCUT2D eigenvalue weighted by molar-refractivity contribution is 7.09. The molecule has 0 saturated carbocycles. The molecule has 2 aromatic heterocycles. The fraction of sp³-hybridized carbons (Fsp3) is 0.0714. The van der Waals surface area contributed by atoms with Crippen LogP contribution in [0.25, 0.3) is 33.6 Å². The van der Waals surface area contributed by atoms with Crippen molar-refractivity contribution in [3.8, 4) is 33.6 Å². The Hall–Kier alpha value is -4.36. The van der Waals surface area contributed by atoms with Crippen LogP contribution in [0.4, 0.5) is 5.69 Å². The van der Waals surface area contributed by atoms with Gasteiger partial charge in [-0.05, 0) is 24.6 Å². The van der Waals surface area contributed by atoms with Crippen LogP contribution in [0, 0.1) is 6.92 Å². The molecule has 7 heteroatoms. The van der Waals surface area contributed by atoms with Gasteiger partial charge in [-0.3, -0.25) is 9.59 Å². The fourth-order valence-corrected chi connectivity index (χ4v) is 4.56. The third-order valence-corrected chi connectivity index (χ3v) is 6.41. The normalized spacial score (nSPS) is 10.8. The van der Waals surface area contributed by atoms with Crippen molar-refractivity contribution in [2.24, 2.45) is 7.05 Å². The molecule has 3 aromatic carbocycles. The highest BCUT2D eigenvalue weighted by Gasteiger charge is 2.24. The van der Waals surface area contributed by atoms with E-state index in [1.807, 2.05) is 97.2 Å². The first-order valence-electron chi connectivity index (χ1n) is 11.1. The summed E-state index contributed by atoms with van der Waals surface area (Å²) in [6.07, 6.45) is 0. The summed E-state index contributed by atoms with van der Waals surface area (Å²) >= 11 is 1.59. The van der Waals surface area contributed by atoms with E-state index < -0.39 is 11.5 Å². The van der Waals surface area contributed by atoms with Crippen molar-refractivity contribution < 1.29 is 4.79 Å². The minimum Gasteiger partial charge on any atom is -0.322 e. The van der Waals surface area contributed by atoms with E-state index >= 15 is 0 Å². The van der Waals surface area contributed by atoms with Gasteiger partial charge in [-0.15, -0.1) is 11.3 Å². The number of nitrogens with one attached hydrogen (secondary N) is 1. The number of amides is 1. The van der Waals surface area contributed by atoms with Gasteiger partial charge in [0.2, 0.25) is 0 Å². The molecule has 172 valence electrons. The smallest absolute Gasteiger partial charge is 0.280 e. The monoisotopic (exact) mass is 478 g/mol. The van der Waals surface area contributed by atoms with E-state index in [4.69, 9.17) is 0 Å². The van der Waals surface area contributed by atoms with Crippen LogP contribution in [0.2, 0.25) is 0 Å². The third kappa shape index (κ3) is 4.54. The Morgan fingerprint density at radius 3 is 2.09 bits per heavy atom. The molecular formula is C28H22N4O2S. The number of rotatable bonds is 5. The lowest BCUT2D eigenvalue weighted by Crippen LogP contribution is -2.31. The topological polar surface area (TPSA) is 76.9 Å². The summed E-state index contributed by atoms with van der Waals surface area (Å²) in [5.41, 5.74) is 4.67. The predicted molar refractivity (Wildman–Crippen MR) is 141 cm³/mol. The number of nitrogens with zero attached hydrogens (tertiary/aromatic N) is 3. The van der Waals surface area contributed by atoms with Crippen molar-refractivity contribution in [2.75, 3.05) is 5.32 Å². The molecule has 0 aliphatic carbocycles. The third-order valence-electron chi connectivity index (χ3n) is 5.64. The standard InChI is InChI=1S/C28H22N4O2S/c1-18-29-23(17-35-18)19-13-15-22(16-14-19)30-27(33)25-24(20-9-5-3-6-10-20)26(31-32(2)28(25)34)21-11-7-4-8-12-21/h3-17H,1-2H3,(H,30,33). The Bertz CT molecular complexity index is 1560. The number of anilines is 1. The van der Waals surface area contributed by atoms with Gasteiger partial charge in [-0.25, -0.2) is 9.67 Å². The van der Waals surface area contributed by atoms with E-state index in [9.17, 15) is 9.59 Å². The molecule has 0 aliphatic rings. The van der Waals surface area contributed by atoms with Crippen molar-refractivity contribution >= 4 is 22.9 Å². The molecule has 2 heterocycles. The second kappa shape index (κ2) is 9.48. The molecule has 0 radical (unpaired) electrons. The molecule has 0 saturated heterocycles. The first-order valence-corrected chi connectivity index (χ1v) is 12.0. The Balaban J connectivity index is 1.59. The summed E-state index contributed by atoms with van der Waals surface area (Å²) in [4.78, 5) is 31.3. The number of aryl methyl sites for hydroxylation is 2. The fourth-order valence-electron chi connectivity index (χ4n) is 3.94. The molecule has 0 unspecified atom stereocenters. The zero-order chi connectivity index (χ0) is 24.4. The summed E-state index contributed by atoms with van der Waals surface area (Å²) < 4.78 is 1.22. The number of thiazole rings is 1. The van der Waals surface area contributed by atoms with Crippen molar-refractivity contribution in [3.05, 3.63) is 111 Å². The van der Waals surface area contributed by atoms with Crippen molar-refractivity contribution in [3.63, 3.8) is 0 Å². The van der Waals surface area contributed by atoms with Crippen LogP contribution in [-0.2, 0) is 7.05 Å². The van der Waals surface area contributed by atoms with Gasteiger partial charge in [-0.2, -0.15) is 5.10 Å². The lowest BCUT2D eigenvalue weighted by Gasteiger charge is -2.16. The van der Waals surface area contributed by atoms with Crippen molar-refractivity contribution in [2.45, 2.75) is 6.92 Å². The summed E-state index contributed by atoms with van der Waals surface area (Å²) in [5, 5.41) is 10.4. The van der Waals surface area contributed by atoms with Gasteiger partial charge in [0.25, 0.3) is 11.5 Å². The summed E-state index contributed by atoms with van der Waals surface area (Å²) in [6, 6.07) is 26.4. The zero-order valence-corrected chi connectivity index (χ0v) is 20.0. The Labute approximate surface area is 206 Å². The van der Waals surface area contributed by atoms with Crippen molar-refractivity contribution in [1.29, 1.82) is 0 Å². The average Bonchev–Trinajstić information content (AvgIpc) is 3.33. The molecule has 0 fully saturated rings. The maximum atomic E-state index is 13.6. The summed E-state index contributed by atoms with van der Waals surface area (Å²) in [5.74, 6) is -0.485. The molecule has 0 bridgehead atoms. The summed E-state index contributed by atoms with van der Waals surface area (Å²) in [6.45, 7) is 1.96. The molecule has 0 aliphatic heterocycles. The first-order chi connectivity index (χ1) is 17.0. The maximum Gasteiger partial charge on any atom is 0.280 e. The largest absolute Gasteiger partial charge is 0.322 e. The van der Waals surface area contributed by atoms with Crippen LogP contribution in [0.3, 0.4) is 0 Å². The van der Waals surface area contributed by atoms with Gasteiger partial charge in [0.15, 0.2) is 0 Å². The maximum absolute atomic E-state index is 13.6. The van der Waals surface area contributed by atoms with Crippen LogP contribution in [0.5, 0.6) is 0 Å². The van der Waals surface area contributed by atoms with Gasteiger partial charge in [0.1, 0.15) is 5.56 Å². The molecule has 0 spiro atoms. The minimum absolute atomic E-state index is 0.0479. The minimum atomic E-state index is -0.485. The van der Waals surface area contributed by atoms with Crippen LogP contribution >= 0.6 is 11.3 Å². The molecule has 1 amide bonds. The Morgan fingerprint density at radius 1 is 0.857 bits per heavy atom. The SMILES string of the molecule is Cc1nc(-c2ccc(NC(=O)c3c(-c4ccccc4)c(-c4ccccc4)nn(C)c3=O)cc2)cs1. The van der Waals surface area contributed by atoms with E-state index in [-0.39, 0.29) is 5.56 Å². The molecule has 1 N–H and O–H groups in total. The predicted octanol–water partition coefficient (Wildman–Crippen LogP) is 5.80. The van der Waals surface area contributed by atoms with Gasteiger partial charge in [0.05, 0.1) is 16.4 Å². The van der Waals surface area contributed by atoms with E-state index in [2.05, 4.69) is 15.4 Å². The molecule has 35 heavy (non-hydrogen) atoms. The summed E-state index contributed by atoms with van der Waals surface area (Å²) in [7, 11) is 1.56. The molecule has 5 rings (SSSR count). The second-order valence-electron chi connectivity index (χ2n) is 8.04. The number of aromatic nitrogens is 3. The van der Waals surface area contributed by atoms with Crippen LogP contribution < -0.4 is 10.9 Å². The van der Waals surface area contributed by atoms with E-state index in [0.29, 0.717) is 16.9 Å². The Morgan fingerprint density at radius 2 is 1.49 bits per heavy atom. The molecule has 0 atom stereocenters. The van der Waals surface area contributed by atoms with Gasteiger partial charge in [-0.1, -0.05) is 72.8 Å². The number of benzene rings is 3. The zero-order valence-electron chi connectivity index (χ0n) is 19.2. The highest BCUT2D eigenvalue weighted by Crippen LogP contribution is 2.32. The average molecular weight is 479 g/mol. The van der Waals surface area contributed by atoms with Crippen LogP contribution in [0.15, 0.2) is 95.1 Å². The van der Waals surface area contributed by atoms with Gasteiger partial charge >= 0.3 is 0 Å². The van der Waals surface area contributed by atoms with Crippen LogP contribution in [-0.4, -0.2) is 20.7 Å². The van der Waals surface area contributed by atoms with Gasteiger partial charge in [0, 0.05) is 34.8 Å². The van der Waals surface area contributed by atoms with Crippen molar-refractivity contribution in [1.82, 2.24) is 14.8 Å².